The molecule has 1 aliphatic rings. The highest BCUT2D eigenvalue weighted by Crippen LogP contribution is 2.23. The summed E-state index contributed by atoms with van der Waals surface area (Å²) in [4.78, 5) is 26.1. The standard InChI is InChI=1S/C28H29N5O2/c1-19-7-11-29-18-24(19)21-4-2-3-20(15-21)8-12-30-28(34)25-6-5-22-17-31-27(16-26(22)33-25)32-23-9-13-35-14-10-23/h2-7,11,15-18,23H,8-10,12-14H2,1H3,(H,30,34)(H,31,32). The fourth-order valence-corrected chi connectivity index (χ4v) is 4.34. The third kappa shape index (κ3) is 5.63. The molecule has 1 aliphatic heterocycles. The van der Waals surface area contributed by atoms with Crippen LogP contribution in [0.4, 0.5) is 5.82 Å². The van der Waals surface area contributed by atoms with E-state index < -0.39 is 0 Å². The fourth-order valence-electron chi connectivity index (χ4n) is 4.34. The van der Waals surface area contributed by atoms with Crippen LogP contribution in [0, 0.1) is 6.92 Å². The molecule has 1 amide bonds. The van der Waals surface area contributed by atoms with Gasteiger partial charge in [-0.2, -0.15) is 0 Å². The Balaban J connectivity index is 1.22. The molecule has 3 aromatic heterocycles. The molecule has 5 rings (SSSR count). The molecule has 1 aromatic carbocycles. The van der Waals surface area contributed by atoms with Crippen molar-refractivity contribution in [3.63, 3.8) is 0 Å². The lowest BCUT2D eigenvalue weighted by Crippen LogP contribution is -2.28. The number of fused-ring (bicyclic) bond motifs is 1. The highest BCUT2D eigenvalue weighted by atomic mass is 16.5. The van der Waals surface area contributed by atoms with E-state index in [-0.39, 0.29) is 5.91 Å². The molecular weight excluding hydrogens is 438 g/mol. The van der Waals surface area contributed by atoms with Gasteiger partial charge in [0.15, 0.2) is 0 Å². The van der Waals surface area contributed by atoms with Crippen molar-refractivity contribution in [1.82, 2.24) is 20.3 Å². The first-order valence-corrected chi connectivity index (χ1v) is 12.0. The monoisotopic (exact) mass is 467 g/mol. The zero-order valence-electron chi connectivity index (χ0n) is 19.8. The summed E-state index contributed by atoms with van der Waals surface area (Å²) in [5, 5.41) is 7.37. The van der Waals surface area contributed by atoms with E-state index in [0.717, 1.165) is 65.9 Å². The second kappa shape index (κ2) is 10.6. The van der Waals surface area contributed by atoms with Crippen molar-refractivity contribution in [1.29, 1.82) is 0 Å². The number of hydrogen-bond donors (Lipinski definition) is 2. The van der Waals surface area contributed by atoms with Gasteiger partial charge >= 0.3 is 0 Å². The van der Waals surface area contributed by atoms with Crippen LogP contribution in [-0.4, -0.2) is 46.7 Å². The molecule has 0 bridgehead atoms. The third-order valence-electron chi connectivity index (χ3n) is 6.36. The summed E-state index contributed by atoms with van der Waals surface area (Å²) < 4.78 is 5.42. The van der Waals surface area contributed by atoms with Crippen molar-refractivity contribution in [2.24, 2.45) is 0 Å². The molecule has 4 aromatic rings. The van der Waals surface area contributed by atoms with E-state index in [1.165, 1.54) is 5.56 Å². The number of hydrogen-bond acceptors (Lipinski definition) is 6. The highest BCUT2D eigenvalue weighted by Gasteiger charge is 2.15. The van der Waals surface area contributed by atoms with Gasteiger partial charge in [-0.05, 0) is 61.1 Å². The average molecular weight is 468 g/mol. The maximum atomic E-state index is 12.8. The predicted octanol–water partition coefficient (Wildman–Crippen LogP) is 4.56. The Morgan fingerprint density at radius 1 is 1.09 bits per heavy atom. The van der Waals surface area contributed by atoms with Crippen molar-refractivity contribution < 1.29 is 9.53 Å². The number of ether oxygens (including phenoxy) is 1. The van der Waals surface area contributed by atoms with Crippen LogP contribution in [0.1, 0.15) is 34.5 Å². The van der Waals surface area contributed by atoms with Crippen molar-refractivity contribution in [3.8, 4) is 11.1 Å². The number of pyridine rings is 3. The first kappa shape index (κ1) is 22.9. The Morgan fingerprint density at radius 2 is 1.97 bits per heavy atom. The van der Waals surface area contributed by atoms with Crippen LogP contribution >= 0.6 is 0 Å². The quantitative estimate of drug-likeness (QED) is 0.414. The molecule has 0 unspecified atom stereocenters. The Kier molecular flexibility index (Phi) is 6.95. The summed E-state index contributed by atoms with van der Waals surface area (Å²) in [7, 11) is 0. The molecule has 0 aliphatic carbocycles. The molecule has 0 saturated carbocycles. The zero-order valence-corrected chi connectivity index (χ0v) is 19.8. The molecule has 7 nitrogen and oxygen atoms in total. The molecule has 0 radical (unpaired) electrons. The van der Waals surface area contributed by atoms with Gasteiger partial charge in [-0.1, -0.05) is 24.3 Å². The minimum Gasteiger partial charge on any atom is -0.381 e. The number of nitrogens with zero attached hydrogens (tertiary/aromatic N) is 3. The van der Waals surface area contributed by atoms with Crippen LogP contribution in [0.15, 0.2) is 67.1 Å². The molecule has 2 N–H and O–H groups in total. The summed E-state index contributed by atoms with van der Waals surface area (Å²) in [6.45, 7) is 4.14. The first-order chi connectivity index (χ1) is 17.2. The molecule has 0 atom stereocenters. The molecule has 1 saturated heterocycles. The zero-order chi connectivity index (χ0) is 24.0. The van der Waals surface area contributed by atoms with Gasteiger partial charge in [-0.15, -0.1) is 0 Å². The smallest absolute Gasteiger partial charge is 0.269 e. The summed E-state index contributed by atoms with van der Waals surface area (Å²) >= 11 is 0. The van der Waals surface area contributed by atoms with Gasteiger partial charge in [0, 0.05) is 61.4 Å². The van der Waals surface area contributed by atoms with E-state index >= 15 is 0 Å². The molecule has 7 heteroatoms. The Labute approximate surface area is 205 Å². The SMILES string of the molecule is Cc1ccncc1-c1cccc(CCNC(=O)c2ccc3cnc(NC4CCOCC4)cc3n2)c1. The molecule has 4 heterocycles. The van der Waals surface area contributed by atoms with Crippen LogP contribution in [-0.2, 0) is 11.2 Å². The number of rotatable bonds is 7. The van der Waals surface area contributed by atoms with Gasteiger partial charge in [-0.25, -0.2) is 9.97 Å². The summed E-state index contributed by atoms with van der Waals surface area (Å²) in [6, 6.07) is 16.3. The van der Waals surface area contributed by atoms with E-state index in [1.807, 2.05) is 30.5 Å². The molecule has 178 valence electrons. The summed E-state index contributed by atoms with van der Waals surface area (Å²) in [6.07, 6.45) is 8.14. The highest BCUT2D eigenvalue weighted by molar-refractivity contribution is 5.95. The lowest BCUT2D eigenvalue weighted by atomic mass is 10.00. The number of anilines is 1. The molecule has 0 spiro atoms. The van der Waals surface area contributed by atoms with Gasteiger partial charge < -0.3 is 15.4 Å². The average Bonchev–Trinajstić information content (AvgIpc) is 2.89. The number of carbonyl (C=O) groups excluding carboxylic acids is 1. The van der Waals surface area contributed by atoms with Gasteiger partial charge in [0.05, 0.1) is 5.52 Å². The number of nitrogens with one attached hydrogen (secondary N) is 2. The van der Waals surface area contributed by atoms with Gasteiger partial charge in [0.2, 0.25) is 0 Å². The maximum absolute atomic E-state index is 12.8. The molecule has 1 fully saturated rings. The minimum absolute atomic E-state index is 0.179. The van der Waals surface area contributed by atoms with E-state index in [2.05, 4.69) is 50.7 Å². The Hall–Kier alpha value is -3.84. The number of amides is 1. The van der Waals surface area contributed by atoms with Crippen LogP contribution in [0.5, 0.6) is 0 Å². The van der Waals surface area contributed by atoms with Crippen molar-refractivity contribution in [3.05, 3.63) is 83.9 Å². The van der Waals surface area contributed by atoms with Crippen LogP contribution < -0.4 is 10.6 Å². The van der Waals surface area contributed by atoms with Crippen molar-refractivity contribution in [2.45, 2.75) is 32.2 Å². The fraction of sp³-hybridized carbons (Fsp3) is 0.286. The van der Waals surface area contributed by atoms with E-state index in [4.69, 9.17) is 4.74 Å². The van der Waals surface area contributed by atoms with E-state index in [1.54, 1.807) is 18.5 Å². The van der Waals surface area contributed by atoms with E-state index in [9.17, 15) is 4.79 Å². The van der Waals surface area contributed by atoms with Crippen LogP contribution in [0.3, 0.4) is 0 Å². The van der Waals surface area contributed by atoms with Crippen molar-refractivity contribution >= 4 is 22.6 Å². The van der Waals surface area contributed by atoms with E-state index in [0.29, 0.717) is 18.3 Å². The largest absolute Gasteiger partial charge is 0.381 e. The number of benzene rings is 1. The maximum Gasteiger partial charge on any atom is 0.269 e. The predicted molar refractivity (Wildman–Crippen MR) is 137 cm³/mol. The summed E-state index contributed by atoms with van der Waals surface area (Å²) in [5.74, 6) is 0.597. The van der Waals surface area contributed by atoms with Crippen molar-refractivity contribution in [2.75, 3.05) is 25.1 Å². The topological polar surface area (TPSA) is 89.0 Å². The second-order valence-corrected chi connectivity index (χ2v) is 8.89. The van der Waals surface area contributed by atoms with Gasteiger partial charge in [0.25, 0.3) is 5.91 Å². The summed E-state index contributed by atoms with van der Waals surface area (Å²) in [5.41, 5.74) is 5.76. The second-order valence-electron chi connectivity index (χ2n) is 8.89. The Morgan fingerprint density at radius 3 is 2.83 bits per heavy atom. The molecule has 35 heavy (non-hydrogen) atoms. The third-order valence-corrected chi connectivity index (χ3v) is 6.36. The first-order valence-electron chi connectivity index (χ1n) is 12.0. The minimum atomic E-state index is -0.179. The van der Waals surface area contributed by atoms with Crippen LogP contribution in [0.25, 0.3) is 22.0 Å². The van der Waals surface area contributed by atoms with Gasteiger partial charge in [-0.3, -0.25) is 9.78 Å². The molecular formula is C28H29N5O2. The lowest BCUT2D eigenvalue weighted by Gasteiger charge is -2.23. The number of aryl methyl sites for hydroxylation is 1. The number of aromatic nitrogens is 3. The Bertz CT molecular complexity index is 1330. The van der Waals surface area contributed by atoms with Gasteiger partial charge in [0.1, 0.15) is 11.5 Å². The lowest BCUT2D eigenvalue weighted by molar-refractivity contribution is 0.0903. The van der Waals surface area contributed by atoms with Crippen LogP contribution in [0.2, 0.25) is 0 Å². The normalized spacial score (nSPS) is 14.1. The number of carbonyl (C=O) groups is 1.